The number of nitrogens with one attached hydrogen (secondary N) is 3. The van der Waals surface area contributed by atoms with Gasteiger partial charge in [-0.25, -0.2) is 4.79 Å². The van der Waals surface area contributed by atoms with Crippen molar-refractivity contribution in [2.45, 2.75) is 13.3 Å². The van der Waals surface area contributed by atoms with Gasteiger partial charge in [0.2, 0.25) is 5.91 Å². The number of carbonyl (C=O) groups is 2. The summed E-state index contributed by atoms with van der Waals surface area (Å²) in [6.45, 7) is 4.22. The van der Waals surface area contributed by atoms with Gasteiger partial charge < -0.3 is 15.5 Å². The fraction of sp³-hybridized carbons (Fsp3) is 0.429. The molecule has 20 heavy (non-hydrogen) atoms. The number of amides is 3. The molecular formula is C14H20N4O2. The highest BCUT2D eigenvalue weighted by Gasteiger charge is 2.19. The summed E-state index contributed by atoms with van der Waals surface area (Å²) < 4.78 is 0. The van der Waals surface area contributed by atoms with E-state index in [4.69, 9.17) is 0 Å². The smallest absolute Gasteiger partial charge is 0.321 e. The first kappa shape index (κ1) is 14.2. The molecule has 3 N–H and O–H groups in total. The van der Waals surface area contributed by atoms with Crippen LogP contribution in [0.4, 0.5) is 16.2 Å². The molecule has 0 fully saturated rings. The third-order valence-electron chi connectivity index (χ3n) is 3.06. The number of benzene rings is 1. The third kappa shape index (κ3) is 3.63. The van der Waals surface area contributed by atoms with E-state index in [0.29, 0.717) is 6.54 Å². The van der Waals surface area contributed by atoms with Gasteiger partial charge in [0.15, 0.2) is 0 Å². The maximum atomic E-state index is 11.9. The standard InChI is InChI=1S/C14H20N4O2/c1-2-7-16-14(20)17-13(19)10-18-9-8-15-11-5-3-4-6-12(11)18/h3-6,15H,2,7-10H2,1H3,(H2,16,17,19,20). The van der Waals surface area contributed by atoms with E-state index in [9.17, 15) is 9.59 Å². The second kappa shape index (κ2) is 6.79. The summed E-state index contributed by atoms with van der Waals surface area (Å²) in [6, 6.07) is 7.40. The number of nitrogens with zero attached hydrogens (tertiary/aromatic N) is 1. The number of hydrogen-bond donors (Lipinski definition) is 3. The molecule has 6 heteroatoms. The van der Waals surface area contributed by atoms with Crippen molar-refractivity contribution in [2.24, 2.45) is 0 Å². The van der Waals surface area contributed by atoms with E-state index in [1.54, 1.807) is 0 Å². The highest BCUT2D eigenvalue weighted by Crippen LogP contribution is 2.27. The van der Waals surface area contributed by atoms with Crippen molar-refractivity contribution in [1.82, 2.24) is 10.6 Å². The van der Waals surface area contributed by atoms with Gasteiger partial charge in [-0.3, -0.25) is 10.1 Å². The number of rotatable bonds is 4. The zero-order valence-corrected chi connectivity index (χ0v) is 11.6. The molecule has 108 valence electrons. The SMILES string of the molecule is CCCNC(=O)NC(=O)CN1CCNc2ccccc21. The molecule has 0 spiro atoms. The second-order valence-electron chi connectivity index (χ2n) is 4.67. The maximum absolute atomic E-state index is 11.9. The van der Waals surface area contributed by atoms with Crippen LogP contribution in [0.25, 0.3) is 0 Å². The van der Waals surface area contributed by atoms with Crippen LogP contribution in [-0.4, -0.2) is 38.1 Å². The lowest BCUT2D eigenvalue weighted by Crippen LogP contribution is -2.46. The molecule has 0 bridgehead atoms. The monoisotopic (exact) mass is 276 g/mol. The largest absolute Gasteiger partial charge is 0.382 e. The van der Waals surface area contributed by atoms with Gasteiger partial charge in [0, 0.05) is 19.6 Å². The van der Waals surface area contributed by atoms with E-state index < -0.39 is 6.03 Å². The molecule has 6 nitrogen and oxygen atoms in total. The van der Waals surface area contributed by atoms with Crippen LogP contribution in [0.15, 0.2) is 24.3 Å². The Hall–Kier alpha value is -2.24. The molecular weight excluding hydrogens is 256 g/mol. The predicted molar refractivity (Wildman–Crippen MR) is 79.0 cm³/mol. The highest BCUT2D eigenvalue weighted by molar-refractivity contribution is 5.96. The molecule has 1 aliphatic heterocycles. The summed E-state index contributed by atoms with van der Waals surface area (Å²) in [5, 5.41) is 8.24. The number of para-hydroxylation sites is 2. The van der Waals surface area contributed by atoms with Gasteiger partial charge in [-0.1, -0.05) is 19.1 Å². The number of urea groups is 1. The van der Waals surface area contributed by atoms with Crippen LogP contribution >= 0.6 is 0 Å². The first-order valence-corrected chi connectivity index (χ1v) is 6.86. The van der Waals surface area contributed by atoms with Crippen LogP contribution in [0.5, 0.6) is 0 Å². The van der Waals surface area contributed by atoms with Gasteiger partial charge in [-0.05, 0) is 18.6 Å². The normalized spacial score (nSPS) is 13.2. The van der Waals surface area contributed by atoms with Gasteiger partial charge >= 0.3 is 6.03 Å². The molecule has 0 unspecified atom stereocenters. The number of anilines is 2. The highest BCUT2D eigenvalue weighted by atomic mass is 16.2. The summed E-state index contributed by atoms with van der Waals surface area (Å²) in [6.07, 6.45) is 0.840. The number of imide groups is 1. The molecule has 0 aliphatic carbocycles. The van der Waals surface area contributed by atoms with Gasteiger partial charge in [-0.2, -0.15) is 0 Å². The van der Waals surface area contributed by atoms with Crippen LogP contribution in [-0.2, 0) is 4.79 Å². The Balaban J connectivity index is 1.91. The Labute approximate surface area is 118 Å². The topological polar surface area (TPSA) is 73.5 Å². The van der Waals surface area contributed by atoms with Crippen LogP contribution in [0.2, 0.25) is 0 Å². The molecule has 3 amide bonds. The zero-order chi connectivity index (χ0) is 14.4. The first-order chi connectivity index (χ1) is 9.70. The van der Waals surface area contributed by atoms with Crippen molar-refractivity contribution >= 4 is 23.3 Å². The van der Waals surface area contributed by atoms with Crippen LogP contribution in [0, 0.1) is 0 Å². The van der Waals surface area contributed by atoms with Crippen LogP contribution in [0.1, 0.15) is 13.3 Å². The molecule has 0 aromatic heterocycles. The lowest BCUT2D eigenvalue weighted by Gasteiger charge is -2.31. The lowest BCUT2D eigenvalue weighted by atomic mass is 10.2. The van der Waals surface area contributed by atoms with Crippen molar-refractivity contribution < 1.29 is 9.59 Å². The van der Waals surface area contributed by atoms with Crippen molar-refractivity contribution in [1.29, 1.82) is 0 Å². The van der Waals surface area contributed by atoms with Crippen molar-refractivity contribution in [2.75, 3.05) is 36.4 Å². The van der Waals surface area contributed by atoms with E-state index in [-0.39, 0.29) is 12.5 Å². The molecule has 0 saturated carbocycles. The first-order valence-electron chi connectivity index (χ1n) is 6.86. The van der Waals surface area contributed by atoms with E-state index in [1.807, 2.05) is 36.1 Å². The molecule has 1 aliphatic rings. The Morgan fingerprint density at radius 2 is 2.15 bits per heavy atom. The quantitative estimate of drug-likeness (QED) is 0.771. The number of carbonyl (C=O) groups excluding carboxylic acids is 2. The van der Waals surface area contributed by atoms with Crippen molar-refractivity contribution in [3.63, 3.8) is 0 Å². The van der Waals surface area contributed by atoms with E-state index in [2.05, 4.69) is 16.0 Å². The Morgan fingerprint density at radius 3 is 2.95 bits per heavy atom. The van der Waals surface area contributed by atoms with E-state index >= 15 is 0 Å². The zero-order valence-electron chi connectivity index (χ0n) is 11.6. The second-order valence-corrected chi connectivity index (χ2v) is 4.67. The van der Waals surface area contributed by atoms with Crippen LogP contribution in [0.3, 0.4) is 0 Å². The van der Waals surface area contributed by atoms with Gasteiger partial charge in [0.05, 0.1) is 17.9 Å². The minimum Gasteiger partial charge on any atom is -0.382 e. The molecule has 2 rings (SSSR count). The van der Waals surface area contributed by atoms with E-state index in [1.165, 1.54) is 0 Å². The van der Waals surface area contributed by atoms with Gasteiger partial charge in [0.25, 0.3) is 0 Å². The average molecular weight is 276 g/mol. The van der Waals surface area contributed by atoms with Crippen molar-refractivity contribution in [3.8, 4) is 0 Å². The Morgan fingerprint density at radius 1 is 1.35 bits per heavy atom. The fourth-order valence-corrected chi connectivity index (χ4v) is 2.13. The van der Waals surface area contributed by atoms with E-state index in [0.717, 1.165) is 30.9 Å². The Bertz CT molecular complexity index is 490. The molecule has 0 saturated heterocycles. The lowest BCUT2D eigenvalue weighted by molar-refractivity contribution is -0.118. The van der Waals surface area contributed by atoms with Crippen LogP contribution < -0.4 is 20.9 Å². The molecule has 0 radical (unpaired) electrons. The summed E-state index contributed by atoms with van der Waals surface area (Å²) in [7, 11) is 0. The Kier molecular flexibility index (Phi) is 4.81. The predicted octanol–water partition coefficient (Wildman–Crippen LogP) is 1.15. The number of hydrogen-bond acceptors (Lipinski definition) is 4. The molecule has 0 atom stereocenters. The minimum atomic E-state index is -0.430. The third-order valence-corrected chi connectivity index (χ3v) is 3.06. The minimum absolute atomic E-state index is 0.179. The summed E-state index contributed by atoms with van der Waals surface area (Å²) in [5.41, 5.74) is 2.00. The maximum Gasteiger partial charge on any atom is 0.321 e. The average Bonchev–Trinajstić information content (AvgIpc) is 2.45. The summed E-state index contributed by atoms with van der Waals surface area (Å²) in [5.74, 6) is -0.296. The fourth-order valence-electron chi connectivity index (χ4n) is 2.13. The van der Waals surface area contributed by atoms with Gasteiger partial charge in [-0.15, -0.1) is 0 Å². The molecule has 1 heterocycles. The summed E-state index contributed by atoms with van der Waals surface area (Å²) >= 11 is 0. The molecule has 1 aromatic carbocycles. The van der Waals surface area contributed by atoms with Gasteiger partial charge in [0.1, 0.15) is 0 Å². The summed E-state index contributed by atoms with van der Waals surface area (Å²) in [4.78, 5) is 25.3. The molecule has 1 aromatic rings. The number of fused-ring (bicyclic) bond motifs is 1. The van der Waals surface area contributed by atoms with Crippen molar-refractivity contribution in [3.05, 3.63) is 24.3 Å².